The number of halogens is 2. The van der Waals surface area contributed by atoms with Crippen molar-refractivity contribution in [3.63, 3.8) is 0 Å². The van der Waals surface area contributed by atoms with Crippen LogP contribution in [0.1, 0.15) is 5.56 Å². The van der Waals surface area contributed by atoms with Gasteiger partial charge in [-0.25, -0.2) is 0 Å². The maximum atomic E-state index is 9.13. The molecule has 0 saturated carbocycles. The third-order valence-corrected chi connectivity index (χ3v) is 3.79. The van der Waals surface area contributed by atoms with E-state index in [0.29, 0.717) is 22.1 Å². The molecule has 3 aromatic rings. The van der Waals surface area contributed by atoms with Gasteiger partial charge >= 0.3 is 0 Å². The van der Waals surface area contributed by atoms with Gasteiger partial charge in [0.2, 0.25) is 0 Å². The van der Waals surface area contributed by atoms with Crippen LogP contribution in [-0.2, 0) is 0 Å². The molecule has 0 saturated heterocycles. The second kappa shape index (κ2) is 5.77. The predicted molar refractivity (Wildman–Crippen MR) is 87.9 cm³/mol. The first-order valence-electron chi connectivity index (χ1n) is 6.22. The lowest BCUT2D eigenvalue weighted by molar-refractivity contribution is 0.482. The van der Waals surface area contributed by atoms with Gasteiger partial charge in [0, 0.05) is 9.50 Å². The summed E-state index contributed by atoms with van der Waals surface area (Å²) in [6.45, 7) is 0. The highest BCUT2D eigenvalue weighted by atomic mass is 79.9. The van der Waals surface area contributed by atoms with E-state index in [9.17, 15) is 0 Å². The quantitative estimate of drug-likeness (QED) is 0.569. The maximum Gasteiger partial charge on any atom is 0.145 e. The largest absolute Gasteiger partial charge is 0.456 e. The van der Waals surface area contributed by atoms with Crippen LogP contribution in [0.3, 0.4) is 0 Å². The Morgan fingerprint density at radius 2 is 1.71 bits per heavy atom. The molecular weight excluding hydrogens is 350 g/mol. The van der Waals surface area contributed by atoms with Gasteiger partial charge in [-0.15, -0.1) is 0 Å². The molecule has 0 atom stereocenters. The van der Waals surface area contributed by atoms with Crippen molar-refractivity contribution in [2.45, 2.75) is 0 Å². The van der Waals surface area contributed by atoms with Crippen molar-refractivity contribution in [3.05, 3.63) is 69.7 Å². The highest BCUT2D eigenvalue weighted by Crippen LogP contribution is 2.30. The van der Waals surface area contributed by atoms with Crippen molar-refractivity contribution in [3.8, 4) is 17.6 Å². The zero-order valence-corrected chi connectivity index (χ0v) is 13.1. The Hall–Kier alpha value is -2.02. The smallest absolute Gasteiger partial charge is 0.145 e. The number of benzene rings is 3. The minimum Gasteiger partial charge on any atom is -0.456 e. The predicted octanol–water partition coefficient (Wildman–Crippen LogP) is 5.92. The summed E-state index contributed by atoms with van der Waals surface area (Å²) in [5.41, 5.74) is 0.415. The monoisotopic (exact) mass is 357 g/mol. The van der Waals surface area contributed by atoms with Crippen LogP contribution in [0.5, 0.6) is 11.5 Å². The van der Waals surface area contributed by atoms with Crippen LogP contribution >= 0.6 is 27.5 Å². The van der Waals surface area contributed by atoms with Crippen LogP contribution < -0.4 is 4.74 Å². The molecule has 4 heteroatoms. The molecule has 21 heavy (non-hydrogen) atoms. The Morgan fingerprint density at radius 1 is 0.952 bits per heavy atom. The third-order valence-electron chi connectivity index (χ3n) is 3.06. The van der Waals surface area contributed by atoms with E-state index in [1.807, 2.05) is 36.4 Å². The van der Waals surface area contributed by atoms with Gasteiger partial charge in [0.1, 0.15) is 17.6 Å². The van der Waals surface area contributed by atoms with Gasteiger partial charge in [-0.2, -0.15) is 5.26 Å². The molecule has 0 aromatic heterocycles. The van der Waals surface area contributed by atoms with E-state index in [1.165, 1.54) is 0 Å². The Bertz CT molecular complexity index is 870. The summed E-state index contributed by atoms with van der Waals surface area (Å²) in [6.07, 6.45) is 0. The standard InChI is InChI=1S/C17H9BrClNO/c18-14-3-1-12-9-16(5-2-11(12)7-14)21-17-6-4-15(19)8-13(17)10-20/h1-9H. The lowest BCUT2D eigenvalue weighted by Gasteiger charge is -2.09. The molecule has 0 fully saturated rings. The molecule has 0 aliphatic carbocycles. The molecule has 0 N–H and O–H groups in total. The summed E-state index contributed by atoms with van der Waals surface area (Å²) in [7, 11) is 0. The van der Waals surface area contributed by atoms with Crippen molar-refractivity contribution in [2.24, 2.45) is 0 Å². The fourth-order valence-electron chi connectivity index (χ4n) is 2.06. The Labute approximate surface area is 135 Å². The molecule has 0 aliphatic heterocycles. The first-order valence-corrected chi connectivity index (χ1v) is 7.39. The second-order valence-electron chi connectivity index (χ2n) is 4.51. The van der Waals surface area contributed by atoms with E-state index >= 15 is 0 Å². The number of fused-ring (bicyclic) bond motifs is 1. The summed E-state index contributed by atoms with van der Waals surface area (Å²) in [5, 5.41) is 11.8. The average Bonchev–Trinajstić information content (AvgIpc) is 2.49. The molecule has 0 heterocycles. The van der Waals surface area contributed by atoms with E-state index in [2.05, 4.69) is 22.0 Å². The number of ether oxygens (including phenoxy) is 1. The molecule has 2 nitrogen and oxygen atoms in total. The first-order chi connectivity index (χ1) is 10.2. The van der Waals surface area contributed by atoms with Crippen LogP contribution in [0.15, 0.2) is 59.1 Å². The lowest BCUT2D eigenvalue weighted by atomic mass is 10.1. The minimum atomic E-state index is 0.415. The molecule has 3 rings (SSSR count). The zero-order valence-electron chi connectivity index (χ0n) is 10.8. The molecule has 0 aliphatic rings. The Balaban J connectivity index is 1.99. The van der Waals surface area contributed by atoms with Crippen molar-refractivity contribution >= 4 is 38.3 Å². The van der Waals surface area contributed by atoms with Crippen LogP contribution in [-0.4, -0.2) is 0 Å². The second-order valence-corrected chi connectivity index (χ2v) is 5.86. The summed E-state index contributed by atoms with van der Waals surface area (Å²) < 4.78 is 6.84. The number of hydrogen-bond donors (Lipinski definition) is 0. The van der Waals surface area contributed by atoms with Crippen LogP contribution in [0.25, 0.3) is 10.8 Å². The van der Waals surface area contributed by atoms with E-state index in [-0.39, 0.29) is 0 Å². The van der Waals surface area contributed by atoms with Crippen LogP contribution in [0, 0.1) is 11.3 Å². The molecule has 0 unspecified atom stereocenters. The molecule has 0 spiro atoms. The molecule has 0 amide bonds. The van der Waals surface area contributed by atoms with E-state index in [0.717, 1.165) is 15.2 Å². The van der Waals surface area contributed by atoms with Crippen molar-refractivity contribution < 1.29 is 4.74 Å². The average molecular weight is 359 g/mol. The van der Waals surface area contributed by atoms with Crippen molar-refractivity contribution in [2.75, 3.05) is 0 Å². The molecule has 0 bridgehead atoms. The summed E-state index contributed by atoms with van der Waals surface area (Å²) in [4.78, 5) is 0. The first kappa shape index (κ1) is 13.9. The van der Waals surface area contributed by atoms with Gasteiger partial charge in [0.15, 0.2) is 0 Å². The number of nitrogens with zero attached hydrogens (tertiary/aromatic N) is 1. The fraction of sp³-hybridized carbons (Fsp3) is 0. The van der Waals surface area contributed by atoms with Gasteiger partial charge in [-0.05, 0) is 53.2 Å². The summed E-state index contributed by atoms with van der Waals surface area (Å²) in [6, 6.07) is 18.9. The molecule has 3 aromatic carbocycles. The highest BCUT2D eigenvalue weighted by molar-refractivity contribution is 9.10. The van der Waals surface area contributed by atoms with Gasteiger partial charge in [0.25, 0.3) is 0 Å². The zero-order chi connectivity index (χ0) is 14.8. The van der Waals surface area contributed by atoms with E-state index in [4.69, 9.17) is 21.6 Å². The Kier molecular flexibility index (Phi) is 3.83. The normalized spacial score (nSPS) is 10.3. The van der Waals surface area contributed by atoms with E-state index in [1.54, 1.807) is 18.2 Å². The summed E-state index contributed by atoms with van der Waals surface area (Å²) >= 11 is 9.33. The van der Waals surface area contributed by atoms with Gasteiger partial charge in [0.05, 0.1) is 5.56 Å². The summed E-state index contributed by atoms with van der Waals surface area (Å²) in [5.74, 6) is 1.18. The SMILES string of the molecule is N#Cc1cc(Cl)ccc1Oc1ccc2cc(Br)ccc2c1. The van der Waals surface area contributed by atoms with Gasteiger partial charge in [-0.3, -0.25) is 0 Å². The van der Waals surface area contributed by atoms with Crippen molar-refractivity contribution in [1.82, 2.24) is 0 Å². The van der Waals surface area contributed by atoms with Crippen molar-refractivity contribution in [1.29, 1.82) is 5.26 Å². The van der Waals surface area contributed by atoms with E-state index < -0.39 is 0 Å². The number of nitriles is 1. The minimum absolute atomic E-state index is 0.415. The maximum absolute atomic E-state index is 9.13. The molecule has 102 valence electrons. The van der Waals surface area contributed by atoms with Gasteiger partial charge in [-0.1, -0.05) is 39.7 Å². The Morgan fingerprint density at radius 3 is 2.52 bits per heavy atom. The number of hydrogen-bond acceptors (Lipinski definition) is 2. The topological polar surface area (TPSA) is 33.0 Å². The third kappa shape index (κ3) is 3.02. The van der Waals surface area contributed by atoms with Gasteiger partial charge < -0.3 is 4.74 Å². The van der Waals surface area contributed by atoms with Crippen LogP contribution in [0.4, 0.5) is 0 Å². The number of rotatable bonds is 2. The van der Waals surface area contributed by atoms with Crippen LogP contribution in [0.2, 0.25) is 5.02 Å². The fourth-order valence-corrected chi connectivity index (χ4v) is 2.61. The highest BCUT2D eigenvalue weighted by Gasteiger charge is 2.06. The molecular formula is C17H9BrClNO. The molecule has 0 radical (unpaired) electrons. The lowest BCUT2D eigenvalue weighted by Crippen LogP contribution is -1.88.